The lowest BCUT2D eigenvalue weighted by Crippen LogP contribution is -2.41. The number of hydrogen-bond acceptors (Lipinski definition) is 3. The Balaban J connectivity index is 1.52. The minimum Gasteiger partial charge on any atom is -0.489 e. The van der Waals surface area contributed by atoms with Crippen LogP contribution >= 0.6 is 0 Å². The molecule has 0 saturated heterocycles. The highest BCUT2D eigenvalue weighted by Crippen LogP contribution is 2.13. The number of ether oxygens (including phenoxy) is 1. The Morgan fingerprint density at radius 2 is 1.50 bits per heavy atom. The summed E-state index contributed by atoms with van der Waals surface area (Å²) >= 11 is 0. The summed E-state index contributed by atoms with van der Waals surface area (Å²) in [6, 6.07) is 25.4. The highest BCUT2D eigenvalue weighted by Gasteiger charge is 2.19. The highest BCUT2D eigenvalue weighted by atomic mass is 16.5. The zero-order valence-electron chi connectivity index (χ0n) is 16.4. The summed E-state index contributed by atoms with van der Waals surface area (Å²) in [7, 11) is 0. The molecule has 0 saturated carbocycles. The van der Waals surface area contributed by atoms with Gasteiger partial charge in [0.05, 0.1) is 0 Å². The van der Waals surface area contributed by atoms with Crippen molar-refractivity contribution < 1.29 is 19.4 Å². The molecule has 0 bridgehead atoms. The fourth-order valence-electron chi connectivity index (χ4n) is 2.85. The molecule has 0 aliphatic rings. The molecule has 152 valence electrons. The number of para-hydroxylation sites is 1. The average Bonchev–Trinajstić information content (AvgIpc) is 2.78. The Labute approximate surface area is 175 Å². The number of carbonyl (C=O) groups is 2. The summed E-state index contributed by atoms with van der Waals surface area (Å²) in [5, 5.41) is 11.9. The van der Waals surface area contributed by atoms with Crippen molar-refractivity contribution in [3.05, 3.63) is 108 Å². The van der Waals surface area contributed by atoms with E-state index in [4.69, 9.17) is 4.74 Å². The second-order valence-electron chi connectivity index (χ2n) is 6.77. The van der Waals surface area contributed by atoms with Gasteiger partial charge in [-0.3, -0.25) is 4.79 Å². The van der Waals surface area contributed by atoms with Crippen molar-refractivity contribution in [1.82, 2.24) is 5.32 Å². The molecule has 1 unspecified atom stereocenters. The van der Waals surface area contributed by atoms with Crippen LogP contribution in [-0.4, -0.2) is 23.0 Å². The third kappa shape index (κ3) is 6.63. The van der Waals surface area contributed by atoms with E-state index in [-0.39, 0.29) is 6.42 Å². The fourth-order valence-corrected chi connectivity index (χ4v) is 2.85. The zero-order valence-corrected chi connectivity index (χ0v) is 16.4. The predicted octanol–water partition coefficient (Wildman–Crippen LogP) is 4.09. The number of carboxylic acids is 1. The zero-order chi connectivity index (χ0) is 21.2. The van der Waals surface area contributed by atoms with Gasteiger partial charge in [-0.1, -0.05) is 72.8 Å². The lowest BCUT2D eigenvalue weighted by molar-refractivity contribution is -0.141. The summed E-state index contributed by atoms with van der Waals surface area (Å²) in [5.74, 6) is -0.708. The van der Waals surface area contributed by atoms with Crippen molar-refractivity contribution >= 4 is 18.0 Å². The van der Waals surface area contributed by atoms with Crippen molar-refractivity contribution in [2.45, 2.75) is 19.1 Å². The van der Waals surface area contributed by atoms with E-state index in [0.29, 0.717) is 6.61 Å². The minimum absolute atomic E-state index is 0.228. The average molecular weight is 401 g/mol. The minimum atomic E-state index is -1.07. The molecule has 1 atom stereocenters. The molecule has 0 radical (unpaired) electrons. The van der Waals surface area contributed by atoms with E-state index in [9.17, 15) is 14.7 Å². The number of aliphatic carboxylic acids is 1. The third-order valence-corrected chi connectivity index (χ3v) is 4.45. The smallest absolute Gasteiger partial charge is 0.326 e. The maximum atomic E-state index is 12.2. The van der Waals surface area contributed by atoms with Gasteiger partial charge in [0.2, 0.25) is 5.91 Å². The summed E-state index contributed by atoms with van der Waals surface area (Å²) in [4.78, 5) is 23.6. The van der Waals surface area contributed by atoms with Gasteiger partial charge in [-0.2, -0.15) is 0 Å². The summed E-state index contributed by atoms with van der Waals surface area (Å²) in [5.41, 5.74) is 2.69. The van der Waals surface area contributed by atoms with Crippen LogP contribution in [0.4, 0.5) is 0 Å². The normalized spacial score (nSPS) is 11.7. The predicted molar refractivity (Wildman–Crippen MR) is 116 cm³/mol. The molecule has 2 N–H and O–H groups in total. The number of amides is 1. The first-order valence-corrected chi connectivity index (χ1v) is 9.62. The Hall–Kier alpha value is -3.86. The SMILES string of the molecule is O=C(C=Cc1ccc(COc2ccccc2)cc1)NC(Cc1ccccc1)C(=O)O. The largest absolute Gasteiger partial charge is 0.489 e. The Morgan fingerprint density at radius 3 is 2.13 bits per heavy atom. The molecule has 0 fully saturated rings. The fraction of sp³-hybridized carbons (Fsp3) is 0.120. The molecule has 0 spiro atoms. The highest BCUT2D eigenvalue weighted by molar-refractivity contribution is 5.94. The van der Waals surface area contributed by atoms with Gasteiger partial charge in [-0.05, 0) is 34.9 Å². The third-order valence-electron chi connectivity index (χ3n) is 4.45. The van der Waals surface area contributed by atoms with Crippen molar-refractivity contribution in [3.8, 4) is 5.75 Å². The van der Waals surface area contributed by atoms with Crippen LogP contribution in [0.3, 0.4) is 0 Å². The topological polar surface area (TPSA) is 75.6 Å². The summed E-state index contributed by atoms with van der Waals surface area (Å²) in [6.45, 7) is 0.453. The van der Waals surface area contributed by atoms with E-state index < -0.39 is 17.9 Å². The molecule has 0 aromatic heterocycles. The number of nitrogens with one attached hydrogen (secondary N) is 1. The van der Waals surface area contributed by atoms with Crippen LogP contribution in [0, 0.1) is 0 Å². The molecular weight excluding hydrogens is 378 g/mol. The Morgan fingerprint density at radius 1 is 0.867 bits per heavy atom. The van der Waals surface area contributed by atoms with Gasteiger partial charge in [0.15, 0.2) is 0 Å². The van der Waals surface area contributed by atoms with Crippen LogP contribution in [0.5, 0.6) is 5.75 Å². The summed E-state index contributed by atoms with van der Waals surface area (Å²) in [6.07, 6.45) is 3.22. The monoisotopic (exact) mass is 401 g/mol. The van der Waals surface area contributed by atoms with Crippen molar-refractivity contribution in [2.24, 2.45) is 0 Å². The maximum absolute atomic E-state index is 12.2. The molecule has 3 aromatic carbocycles. The van der Waals surface area contributed by atoms with E-state index in [0.717, 1.165) is 22.4 Å². The van der Waals surface area contributed by atoms with Crippen molar-refractivity contribution in [2.75, 3.05) is 0 Å². The molecule has 5 heteroatoms. The molecule has 0 aliphatic carbocycles. The van der Waals surface area contributed by atoms with Crippen LogP contribution in [-0.2, 0) is 22.6 Å². The molecule has 3 rings (SSSR count). The molecule has 5 nitrogen and oxygen atoms in total. The van der Waals surface area contributed by atoms with Gasteiger partial charge in [0, 0.05) is 12.5 Å². The summed E-state index contributed by atoms with van der Waals surface area (Å²) < 4.78 is 5.71. The van der Waals surface area contributed by atoms with Gasteiger partial charge in [0.1, 0.15) is 18.4 Å². The maximum Gasteiger partial charge on any atom is 0.326 e. The number of rotatable bonds is 9. The Bertz CT molecular complexity index is 983. The standard InChI is InChI=1S/C25H23NO4/c27-24(26-23(25(28)29)17-20-7-3-1-4-8-20)16-15-19-11-13-21(14-12-19)18-30-22-9-5-2-6-10-22/h1-16,23H,17-18H2,(H,26,27)(H,28,29). The molecule has 3 aromatic rings. The first-order valence-electron chi connectivity index (χ1n) is 9.62. The van der Waals surface area contributed by atoms with Gasteiger partial charge in [0.25, 0.3) is 0 Å². The van der Waals surface area contributed by atoms with Crippen molar-refractivity contribution in [3.63, 3.8) is 0 Å². The van der Waals surface area contributed by atoms with Crippen LogP contribution in [0.1, 0.15) is 16.7 Å². The second kappa shape index (κ2) is 10.6. The molecular formula is C25H23NO4. The van der Waals surface area contributed by atoms with Gasteiger partial charge in [-0.25, -0.2) is 4.79 Å². The quantitative estimate of drug-likeness (QED) is 0.530. The first-order chi connectivity index (χ1) is 14.6. The van der Waals surface area contributed by atoms with Crippen molar-refractivity contribution in [1.29, 1.82) is 0 Å². The number of hydrogen-bond donors (Lipinski definition) is 2. The Kier molecular flexibility index (Phi) is 7.39. The van der Waals surface area contributed by atoms with E-state index in [1.165, 1.54) is 6.08 Å². The molecule has 0 aliphatic heterocycles. The van der Waals surface area contributed by atoms with E-state index in [1.54, 1.807) is 6.08 Å². The van der Waals surface area contributed by atoms with Gasteiger partial charge < -0.3 is 15.2 Å². The lowest BCUT2D eigenvalue weighted by atomic mass is 10.1. The van der Waals surface area contributed by atoms with Crippen LogP contribution in [0.25, 0.3) is 6.08 Å². The first kappa shape index (κ1) is 20.9. The van der Waals surface area contributed by atoms with E-state index in [1.807, 2.05) is 84.9 Å². The van der Waals surface area contributed by atoms with Crippen LogP contribution in [0.2, 0.25) is 0 Å². The van der Waals surface area contributed by atoms with Gasteiger partial charge in [-0.15, -0.1) is 0 Å². The number of benzene rings is 3. The van der Waals surface area contributed by atoms with Crippen LogP contribution < -0.4 is 10.1 Å². The molecule has 0 heterocycles. The van der Waals surface area contributed by atoms with E-state index >= 15 is 0 Å². The number of carbonyl (C=O) groups excluding carboxylic acids is 1. The van der Waals surface area contributed by atoms with E-state index in [2.05, 4.69) is 5.32 Å². The number of carboxylic acid groups (broad SMARTS) is 1. The molecule has 1 amide bonds. The molecule has 30 heavy (non-hydrogen) atoms. The second-order valence-corrected chi connectivity index (χ2v) is 6.77. The lowest BCUT2D eigenvalue weighted by Gasteiger charge is -2.13. The van der Waals surface area contributed by atoms with Gasteiger partial charge >= 0.3 is 5.97 Å². The van der Waals surface area contributed by atoms with Crippen LogP contribution in [0.15, 0.2) is 91.0 Å².